The number of nitrogens with zero attached hydrogens (tertiary/aromatic N) is 1. The molecule has 0 heterocycles. The third-order valence-electron chi connectivity index (χ3n) is 3.37. The van der Waals surface area contributed by atoms with E-state index in [1.807, 2.05) is 63.2 Å². The number of para-hydroxylation sites is 2. The second-order valence-electron chi connectivity index (χ2n) is 5.27. The molecule has 24 heavy (non-hydrogen) atoms. The Kier molecular flexibility index (Phi) is 6.37. The summed E-state index contributed by atoms with van der Waals surface area (Å²) < 4.78 is 11.1. The Labute approximate surface area is 142 Å². The number of hydrogen-bond acceptors (Lipinski definition) is 4. The molecule has 126 valence electrons. The number of hydrogen-bond donors (Lipinski definition) is 1. The zero-order chi connectivity index (χ0) is 17.4. The zero-order valence-corrected chi connectivity index (χ0v) is 14.2. The van der Waals surface area contributed by atoms with E-state index in [-0.39, 0.29) is 12.5 Å². The summed E-state index contributed by atoms with van der Waals surface area (Å²) in [6, 6.07) is 13.4. The molecule has 0 atom stereocenters. The molecule has 0 spiro atoms. The van der Waals surface area contributed by atoms with Gasteiger partial charge < -0.3 is 9.47 Å². The fourth-order valence-corrected chi connectivity index (χ4v) is 2.24. The molecule has 0 aromatic heterocycles. The number of carbonyl (C=O) groups is 1. The topological polar surface area (TPSA) is 59.9 Å². The number of carbonyl (C=O) groups excluding carboxylic acids is 1. The lowest BCUT2D eigenvalue weighted by atomic mass is 10.1. The maximum Gasteiger partial charge on any atom is 0.277 e. The molecule has 2 aromatic carbocycles. The fourth-order valence-electron chi connectivity index (χ4n) is 2.24. The van der Waals surface area contributed by atoms with Crippen molar-refractivity contribution in [1.82, 2.24) is 5.43 Å². The smallest absolute Gasteiger partial charge is 0.277 e. The maximum atomic E-state index is 11.9. The van der Waals surface area contributed by atoms with E-state index in [1.54, 1.807) is 6.21 Å². The molecule has 2 rings (SSSR count). The van der Waals surface area contributed by atoms with Gasteiger partial charge in [0.25, 0.3) is 5.91 Å². The van der Waals surface area contributed by atoms with Crippen LogP contribution >= 0.6 is 0 Å². The first-order chi connectivity index (χ1) is 11.6. The summed E-state index contributed by atoms with van der Waals surface area (Å²) in [6.07, 6.45) is 1.56. The average molecular weight is 326 g/mol. The SMILES string of the molecule is CCOc1ccccc1/C=N/NC(=O)COc1c(C)cccc1C. The lowest BCUT2D eigenvalue weighted by Crippen LogP contribution is -2.25. The molecule has 1 amide bonds. The van der Waals surface area contributed by atoms with Crippen LogP contribution in [0.2, 0.25) is 0 Å². The van der Waals surface area contributed by atoms with E-state index in [9.17, 15) is 4.79 Å². The molecular formula is C19H22N2O3. The standard InChI is InChI=1S/C19H22N2O3/c1-4-23-17-11-6-5-10-16(17)12-20-21-18(22)13-24-19-14(2)8-7-9-15(19)3/h5-12H,4,13H2,1-3H3,(H,21,22)/b20-12+. The zero-order valence-electron chi connectivity index (χ0n) is 14.2. The van der Waals surface area contributed by atoms with Crippen LogP contribution in [-0.4, -0.2) is 25.3 Å². The first-order valence-electron chi connectivity index (χ1n) is 7.84. The van der Waals surface area contributed by atoms with Gasteiger partial charge in [0.05, 0.1) is 12.8 Å². The van der Waals surface area contributed by atoms with Crippen LogP contribution < -0.4 is 14.9 Å². The van der Waals surface area contributed by atoms with Gasteiger partial charge in [-0.1, -0.05) is 30.3 Å². The van der Waals surface area contributed by atoms with E-state index >= 15 is 0 Å². The van der Waals surface area contributed by atoms with Gasteiger partial charge in [0.15, 0.2) is 6.61 Å². The molecule has 0 saturated carbocycles. The molecule has 0 unspecified atom stereocenters. The predicted molar refractivity (Wildman–Crippen MR) is 94.8 cm³/mol. The molecule has 2 aromatic rings. The lowest BCUT2D eigenvalue weighted by molar-refractivity contribution is -0.123. The maximum absolute atomic E-state index is 11.9. The van der Waals surface area contributed by atoms with Crippen molar-refractivity contribution in [2.75, 3.05) is 13.2 Å². The van der Waals surface area contributed by atoms with E-state index in [2.05, 4.69) is 10.5 Å². The summed E-state index contributed by atoms with van der Waals surface area (Å²) in [7, 11) is 0. The van der Waals surface area contributed by atoms with Gasteiger partial charge in [-0.05, 0) is 44.0 Å². The summed E-state index contributed by atoms with van der Waals surface area (Å²) in [5, 5.41) is 3.96. The van der Waals surface area contributed by atoms with Crippen molar-refractivity contribution in [3.8, 4) is 11.5 Å². The molecule has 0 bridgehead atoms. The van der Waals surface area contributed by atoms with Gasteiger partial charge >= 0.3 is 0 Å². The van der Waals surface area contributed by atoms with Gasteiger partial charge in [-0.2, -0.15) is 5.10 Å². The Balaban J connectivity index is 1.89. The summed E-state index contributed by atoms with van der Waals surface area (Å²) >= 11 is 0. The van der Waals surface area contributed by atoms with Gasteiger partial charge in [-0.25, -0.2) is 5.43 Å². The number of nitrogens with one attached hydrogen (secondary N) is 1. The summed E-state index contributed by atoms with van der Waals surface area (Å²) in [6.45, 7) is 6.30. The third kappa shape index (κ3) is 4.84. The predicted octanol–water partition coefficient (Wildman–Crippen LogP) is 3.23. The van der Waals surface area contributed by atoms with Crippen molar-refractivity contribution < 1.29 is 14.3 Å². The molecule has 0 radical (unpaired) electrons. The molecule has 0 aliphatic heterocycles. The Morgan fingerprint density at radius 2 is 1.79 bits per heavy atom. The van der Waals surface area contributed by atoms with E-state index in [1.165, 1.54) is 0 Å². The average Bonchev–Trinajstić information content (AvgIpc) is 2.56. The molecule has 0 aliphatic rings. The molecule has 0 fully saturated rings. The number of amides is 1. The summed E-state index contributed by atoms with van der Waals surface area (Å²) in [5.74, 6) is 1.14. The van der Waals surface area contributed by atoms with E-state index in [0.717, 1.165) is 28.2 Å². The Hall–Kier alpha value is -2.82. The van der Waals surface area contributed by atoms with Crippen LogP contribution in [0.3, 0.4) is 0 Å². The van der Waals surface area contributed by atoms with Crippen LogP contribution in [0.5, 0.6) is 11.5 Å². The number of ether oxygens (including phenoxy) is 2. The highest BCUT2D eigenvalue weighted by Gasteiger charge is 2.06. The van der Waals surface area contributed by atoms with E-state index in [0.29, 0.717) is 6.61 Å². The molecular weight excluding hydrogens is 304 g/mol. The minimum absolute atomic E-state index is 0.0872. The molecule has 1 N–H and O–H groups in total. The molecule has 5 nitrogen and oxygen atoms in total. The monoisotopic (exact) mass is 326 g/mol. The number of hydrazone groups is 1. The summed E-state index contributed by atoms with van der Waals surface area (Å²) in [4.78, 5) is 11.9. The highest BCUT2D eigenvalue weighted by atomic mass is 16.5. The van der Waals surface area contributed by atoms with Crippen molar-refractivity contribution in [1.29, 1.82) is 0 Å². The van der Waals surface area contributed by atoms with E-state index < -0.39 is 0 Å². The second kappa shape index (κ2) is 8.72. The molecule has 0 saturated heterocycles. The van der Waals surface area contributed by atoms with Gasteiger partial charge in [0, 0.05) is 5.56 Å². The number of rotatable bonds is 7. The van der Waals surface area contributed by atoms with Gasteiger partial charge in [-0.15, -0.1) is 0 Å². The second-order valence-corrected chi connectivity index (χ2v) is 5.27. The normalized spacial score (nSPS) is 10.6. The fraction of sp³-hybridized carbons (Fsp3) is 0.263. The number of aryl methyl sites for hydroxylation is 2. The van der Waals surface area contributed by atoms with E-state index in [4.69, 9.17) is 9.47 Å². The van der Waals surface area contributed by atoms with Crippen LogP contribution in [0.4, 0.5) is 0 Å². The van der Waals surface area contributed by atoms with Crippen molar-refractivity contribution in [2.45, 2.75) is 20.8 Å². The van der Waals surface area contributed by atoms with Crippen LogP contribution in [0.1, 0.15) is 23.6 Å². The molecule has 5 heteroatoms. The minimum Gasteiger partial charge on any atom is -0.493 e. The molecule has 0 aliphatic carbocycles. The lowest BCUT2D eigenvalue weighted by Gasteiger charge is -2.10. The Bertz CT molecular complexity index is 706. The van der Waals surface area contributed by atoms with Crippen molar-refractivity contribution >= 4 is 12.1 Å². The largest absolute Gasteiger partial charge is 0.493 e. The minimum atomic E-state index is -0.317. The Morgan fingerprint density at radius 3 is 2.50 bits per heavy atom. The van der Waals surface area contributed by atoms with Crippen LogP contribution in [0, 0.1) is 13.8 Å². The summed E-state index contributed by atoms with van der Waals surface area (Å²) in [5.41, 5.74) is 5.26. The first-order valence-corrected chi connectivity index (χ1v) is 7.84. The van der Waals surface area contributed by atoms with Crippen molar-refractivity contribution in [3.63, 3.8) is 0 Å². The highest BCUT2D eigenvalue weighted by Crippen LogP contribution is 2.22. The first kappa shape index (κ1) is 17.5. The quantitative estimate of drug-likeness (QED) is 0.628. The van der Waals surface area contributed by atoms with Gasteiger partial charge in [-0.3, -0.25) is 4.79 Å². The van der Waals surface area contributed by atoms with Crippen molar-refractivity contribution in [2.24, 2.45) is 5.10 Å². The van der Waals surface area contributed by atoms with Crippen LogP contribution in [0.25, 0.3) is 0 Å². The Morgan fingerprint density at radius 1 is 1.08 bits per heavy atom. The number of benzene rings is 2. The van der Waals surface area contributed by atoms with Crippen LogP contribution in [0.15, 0.2) is 47.6 Å². The van der Waals surface area contributed by atoms with Crippen molar-refractivity contribution in [3.05, 3.63) is 59.2 Å². The van der Waals surface area contributed by atoms with Gasteiger partial charge in [0.1, 0.15) is 11.5 Å². The van der Waals surface area contributed by atoms with Gasteiger partial charge in [0.2, 0.25) is 0 Å². The third-order valence-corrected chi connectivity index (χ3v) is 3.37. The highest BCUT2D eigenvalue weighted by molar-refractivity contribution is 5.85. The van der Waals surface area contributed by atoms with Crippen LogP contribution in [-0.2, 0) is 4.79 Å².